The minimum Gasteiger partial charge on any atom is -0.507 e. The summed E-state index contributed by atoms with van der Waals surface area (Å²) in [5.74, 6) is -0.987. The average Bonchev–Trinajstić information content (AvgIpc) is 3.18. The van der Waals surface area contributed by atoms with Crippen LogP contribution in [0.3, 0.4) is 0 Å². The van der Waals surface area contributed by atoms with Crippen molar-refractivity contribution in [3.63, 3.8) is 0 Å². The number of aliphatic hydroxyl groups excluding tert-OH is 1. The number of Topliss-reactive ketones (excluding diaryl/α,β-unsaturated/α-hetero) is 1. The maximum absolute atomic E-state index is 12.5. The van der Waals surface area contributed by atoms with Gasteiger partial charge in [0, 0.05) is 12.1 Å². The molecule has 0 saturated carbocycles. The molecule has 2 aromatic rings. The number of ketones is 1. The van der Waals surface area contributed by atoms with Gasteiger partial charge in [-0.25, -0.2) is 0 Å². The molecular formula is C19H19NO4. The molecule has 0 aliphatic carbocycles. The Bertz CT molecular complexity index is 787. The lowest BCUT2D eigenvalue weighted by Crippen LogP contribution is -2.30. The Morgan fingerprint density at radius 3 is 2.50 bits per heavy atom. The van der Waals surface area contributed by atoms with E-state index < -0.39 is 17.7 Å². The maximum atomic E-state index is 12.5. The summed E-state index contributed by atoms with van der Waals surface area (Å²) >= 11 is 0. The second-order valence-electron chi connectivity index (χ2n) is 5.87. The van der Waals surface area contributed by atoms with Crippen molar-refractivity contribution in [2.75, 3.05) is 6.54 Å². The SMILES string of the molecule is CCCN1C(=O)C(=O)/C(=C(\O)c2ccc(C)cc2)C1c1ccco1. The molecule has 5 heteroatoms. The third-order valence-corrected chi connectivity index (χ3v) is 4.14. The van der Waals surface area contributed by atoms with Crippen LogP contribution in [0.5, 0.6) is 0 Å². The Kier molecular flexibility index (Phi) is 4.25. The fourth-order valence-corrected chi connectivity index (χ4v) is 2.96. The van der Waals surface area contributed by atoms with Crippen molar-refractivity contribution in [3.8, 4) is 0 Å². The van der Waals surface area contributed by atoms with E-state index in [0.717, 1.165) is 5.56 Å². The van der Waals surface area contributed by atoms with E-state index in [1.165, 1.54) is 11.2 Å². The number of aryl methyl sites for hydroxylation is 1. The summed E-state index contributed by atoms with van der Waals surface area (Å²) in [7, 11) is 0. The Morgan fingerprint density at radius 2 is 1.92 bits per heavy atom. The highest BCUT2D eigenvalue weighted by atomic mass is 16.3. The van der Waals surface area contributed by atoms with E-state index in [-0.39, 0.29) is 11.3 Å². The number of hydrogen-bond acceptors (Lipinski definition) is 4. The minimum absolute atomic E-state index is 0.0762. The highest BCUT2D eigenvalue weighted by Gasteiger charge is 2.46. The van der Waals surface area contributed by atoms with Crippen LogP contribution >= 0.6 is 0 Å². The van der Waals surface area contributed by atoms with Crippen molar-refractivity contribution >= 4 is 17.4 Å². The molecule has 5 nitrogen and oxygen atoms in total. The standard InChI is InChI=1S/C19H19NO4/c1-3-10-20-16(14-5-4-11-24-14)15(18(22)19(20)23)17(21)13-8-6-12(2)7-9-13/h4-9,11,16,21H,3,10H2,1-2H3/b17-15-. The Morgan fingerprint density at radius 1 is 1.21 bits per heavy atom. The summed E-state index contributed by atoms with van der Waals surface area (Å²) in [6.07, 6.45) is 2.20. The summed E-state index contributed by atoms with van der Waals surface area (Å²) in [4.78, 5) is 26.4. The maximum Gasteiger partial charge on any atom is 0.295 e. The molecule has 1 atom stereocenters. The first-order chi connectivity index (χ1) is 11.5. The van der Waals surface area contributed by atoms with Crippen LogP contribution < -0.4 is 0 Å². The number of carbonyl (C=O) groups excluding carboxylic acids is 2. The smallest absolute Gasteiger partial charge is 0.295 e. The van der Waals surface area contributed by atoms with Gasteiger partial charge < -0.3 is 14.4 Å². The lowest BCUT2D eigenvalue weighted by molar-refractivity contribution is -0.140. The first-order valence-corrected chi connectivity index (χ1v) is 7.93. The largest absolute Gasteiger partial charge is 0.507 e. The third kappa shape index (κ3) is 2.62. The zero-order valence-corrected chi connectivity index (χ0v) is 13.7. The summed E-state index contributed by atoms with van der Waals surface area (Å²) < 4.78 is 5.43. The molecule has 1 aliphatic rings. The van der Waals surface area contributed by atoms with Gasteiger partial charge in [-0.05, 0) is 25.5 Å². The van der Waals surface area contributed by atoms with Crippen molar-refractivity contribution in [3.05, 3.63) is 65.1 Å². The van der Waals surface area contributed by atoms with Crippen molar-refractivity contribution in [2.45, 2.75) is 26.3 Å². The van der Waals surface area contributed by atoms with Gasteiger partial charge in [0.05, 0.1) is 11.8 Å². The van der Waals surface area contributed by atoms with E-state index in [9.17, 15) is 14.7 Å². The number of rotatable bonds is 4. The second kappa shape index (κ2) is 6.35. The molecule has 1 aromatic carbocycles. The predicted molar refractivity (Wildman–Crippen MR) is 89.2 cm³/mol. The van der Waals surface area contributed by atoms with Crippen LogP contribution in [0.25, 0.3) is 5.76 Å². The molecule has 0 radical (unpaired) electrons. The molecule has 124 valence electrons. The molecule has 1 fully saturated rings. The highest BCUT2D eigenvalue weighted by molar-refractivity contribution is 6.46. The quantitative estimate of drug-likeness (QED) is 0.531. The van der Waals surface area contributed by atoms with Crippen LogP contribution in [0.15, 0.2) is 52.7 Å². The number of nitrogens with zero attached hydrogens (tertiary/aromatic N) is 1. The number of carbonyl (C=O) groups is 2. The average molecular weight is 325 g/mol. The number of furan rings is 1. The van der Waals surface area contributed by atoms with Gasteiger partial charge in [-0.1, -0.05) is 36.8 Å². The van der Waals surface area contributed by atoms with Crippen LogP contribution in [0.1, 0.15) is 36.3 Å². The third-order valence-electron chi connectivity index (χ3n) is 4.14. The van der Waals surface area contributed by atoms with Crippen LogP contribution in [-0.2, 0) is 9.59 Å². The molecule has 1 amide bonds. The molecule has 3 rings (SSSR count). The van der Waals surface area contributed by atoms with Gasteiger partial charge in [-0.2, -0.15) is 0 Å². The predicted octanol–water partition coefficient (Wildman–Crippen LogP) is 3.42. The number of likely N-dealkylation sites (tertiary alicyclic amines) is 1. The van der Waals surface area contributed by atoms with E-state index in [1.807, 2.05) is 26.0 Å². The number of benzene rings is 1. The van der Waals surface area contributed by atoms with Crippen molar-refractivity contribution in [2.24, 2.45) is 0 Å². The van der Waals surface area contributed by atoms with E-state index in [4.69, 9.17) is 4.42 Å². The molecule has 1 unspecified atom stereocenters. The Hall–Kier alpha value is -2.82. The molecule has 1 aliphatic heterocycles. The number of aliphatic hydroxyl groups is 1. The van der Waals surface area contributed by atoms with E-state index in [0.29, 0.717) is 24.3 Å². The normalized spacial score (nSPS) is 19.9. The van der Waals surface area contributed by atoms with Gasteiger partial charge in [0.15, 0.2) is 0 Å². The minimum atomic E-state index is -0.693. The molecule has 0 bridgehead atoms. The van der Waals surface area contributed by atoms with Crippen molar-refractivity contribution in [1.82, 2.24) is 4.90 Å². The molecule has 24 heavy (non-hydrogen) atoms. The summed E-state index contributed by atoms with van der Waals surface area (Å²) in [5.41, 5.74) is 1.62. The molecule has 0 spiro atoms. The zero-order valence-electron chi connectivity index (χ0n) is 13.7. The van der Waals surface area contributed by atoms with Crippen LogP contribution in [0, 0.1) is 6.92 Å². The van der Waals surface area contributed by atoms with Gasteiger partial charge >= 0.3 is 0 Å². The second-order valence-corrected chi connectivity index (χ2v) is 5.87. The van der Waals surface area contributed by atoms with Gasteiger partial charge in [0.25, 0.3) is 11.7 Å². The number of amides is 1. The first-order valence-electron chi connectivity index (χ1n) is 7.93. The Labute approximate surface area is 140 Å². The highest BCUT2D eigenvalue weighted by Crippen LogP contribution is 2.39. The summed E-state index contributed by atoms with van der Waals surface area (Å²) in [6.45, 7) is 4.28. The van der Waals surface area contributed by atoms with Crippen LogP contribution in [0.4, 0.5) is 0 Å². The monoisotopic (exact) mass is 325 g/mol. The fourth-order valence-electron chi connectivity index (χ4n) is 2.96. The lowest BCUT2D eigenvalue weighted by Gasteiger charge is -2.22. The molecule has 1 N–H and O–H groups in total. The zero-order chi connectivity index (χ0) is 17.3. The van der Waals surface area contributed by atoms with Gasteiger partial charge in [0.2, 0.25) is 0 Å². The van der Waals surface area contributed by atoms with Gasteiger partial charge in [0.1, 0.15) is 17.6 Å². The lowest BCUT2D eigenvalue weighted by atomic mass is 9.99. The van der Waals surface area contributed by atoms with E-state index in [2.05, 4.69) is 0 Å². The van der Waals surface area contributed by atoms with E-state index in [1.54, 1.807) is 24.3 Å². The van der Waals surface area contributed by atoms with Gasteiger partial charge in [-0.15, -0.1) is 0 Å². The molecule has 2 heterocycles. The van der Waals surface area contributed by atoms with Crippen LogP contribution in [0.2, 0.25) is 0 Å². The summed E-state index contributed by atoms with van der Waals surface area (Å²) in [6, 6.07) is 9.88. The van der Waals surface area contributed by atoms with E-state index >= 15 is 0 Å². The van der Waals surface area contributed by atoms with Gasteiger partial charge in [-0.3, -0.25) is 9.59 Å². The fraction of sp³-hybridized carbons (Fsp3) is 0.263. The van der Waals surface area contributed by atoms with Crippen molar-refractivity contribution in [1.29, 1.82) is 0 Å². The number of hydrogen-bond donors (Lipinski definition) is 1. The summed E-state index contributed by atoms with van der Waals surface area (Å²) in [5, 5.41) is 10.7. The molecular weight excluding hydrogens is 306 g/mol. The van der Waals surface area contributed by atoms with Crippen LogP contribution in [-0.4, -0.2) is 28.2 Å². The Balaban J connectivity index is 2.15. The molecule has 1 aromatic heterocycles. The molecule has 1 saturated heterocycles. The van der Waals surface area contributed by atoms with Crippen molar-refractivity contribution < 1.29 is 19.1 Å². The first kappa shape index (κ1) is 16.1. The topological polar surface area (TPSA) is 70.8 Å².